The summed E-state index contributed by atoms with van der Waals surface area (Å²) in [5, 5.41) is 9.36. The zero-order chi connectivity index (χ0) is 8.91. The first-order valence-corrected chi connectivity index (χ1v) is 3.86. The van der Waals surface area contributed by atoms with Gasteiger partial charge in [-0.1, -0.05) is 6.08 Å². The Morgan fingerprint density at radius 2 is 2.18 bits per heavy atom. The monoisotopic (exact) mass is 158 g/mol. The predicted molar refractivity (Wildman–Crippen MR) is 46.5 cm³/mol. The smallest absolute Gasteiger partial charge is 0.0647 e. The fourth-order valence-electron chi connectivity index (χ4n) is 0.926. The highest BCUT2D eigenvalue weighted by Crippen LogP contribution is 2.16. The molecule has 0 amide bonds. The van der Waals surface area contributed by atoms with Crippen molar-refractivity contribution in [3.8, 4) is 0 Å². The van der Waals surface area contributed by atoms with Crippen molar-refractivity contribution in [2.75, 3.05) is 7.11 Å². The Kier molecular flexibility index (Phi) is 4.38. The summed E-state index contributed by atoms with van der Waals surface area (Å²) in [6, 6.07) is 0. The van der Waals surface area contributed by atoms with Gasteiger partial charge >= 0.3 is 0 Å². The minimum atomic E-state index is -0.331. The highest BCUT2D eigenvalue weighted by atomic mass is 16.5. The summed E-state index contributed by atoms with van der Waals surface area (Å²) in [5.74, 6) is 0. The molecule has 11 heavy (non-hydrogen) atoms. The highest BCUT2D eigenvalue weighted by Gasteiger charge is 2.20. The predicted octanol–water partition coefficient (Wildman–Crippen LogP) is 1.74. The van der Waals surface area contributed by atoms with E-state index in [4.69, 9.17) is 4.74 Å². The third-order valence-corrected chi connectivity index (χ3v) is 1.72. The van der Waals surface area contributed by atoms with Crippen molar-refractivity contribution in [2.24, 2.45) is 0 Å². The van der Waals surface area contributed by atoms with Gasteiger partial charge in [-0.15, -0.1) is 6.58 Å². The Labute approximate surface area is 68.9 Å². The number of aliphatic hydroxyl groups excluding tert-OH is 1. The fourth-order valence-corrected chi connectivity index (χ4v) is 0.926. The van der Waals surface area contributed by atoms with E-state index in [0.29, 0.717) is 12.8 Å². The van der Waals surface area contributed by atoms with Crippen molar-refractivity contribution >= 4 is 0 Å². The molecule has 0 aromatic rings. The van der Waals surface area contributed by atoms with Gasteiger partial charge in [-0.3, -0.25) is 0 Å². The maximum absolute atomic E-state index is 9.36. The molecule has 0 saturated heterocycles. The molecular formula is C9H18O2. The lowest BCUT2D eigenvalue weighted by Gasteiger charge is -2.25. The average molecular weight is 158 g/mol. The zero-order valence-corrected chi connectivity index (χ0v) is 7.63. The van der Waals surface area contributed by atoms with Crippen molar-refractivity contribution < 1.29 is 9.84 Å². The molecule has 0 aliphatic rings. The molecule has 0 fully saturated rings. The Morgan fingerprint density at radius 1 is 1.64 bits per heavy atom. The van der Waals surface area contributed by atoms with Crippen LogP contribution in [-0.4, -0.2) is 23.9 Å². The van der Waals surface area contributed by atoms with Crippen LogP contribution >= 0.6 is 0 Å². The topological polar surface area (TPSA) is 29.5 Å². The van der Waals surface area contributed by atoms with Gasteiger partial charge in [0.05, 0.1) is 11.7 Å². The van der Waals surface area contributed by atoms with Crippen LogP contribution in [0.15, 0.2) is 12.7 Å². The quantitative estimate of drug-likeness (QED) is 0.617. The summed E-state index contributed by atoms with van der Waals surface area (Å²) < 4.78 is 5.16. The molecule has 1 N–H and O–H groups in total. The third kappa shape index (κ3) is 4.99. The van der Waals surface area contributed by atoms with Gasteiger partial charge in [0.25, 0.3) is 0 Å². The molecule has 0 aliphatic carbocycles. The van der Waals surface area contributed by atoms with Crippen LogP contribution in [0.5, 0.6) is 0 Å². The molecule has 0 aromatic heterocycles. The molecule has 0 radical (unpaired) electrons. The molecular weight excluding hydrogens is 140 g/mol. The first-order valence-electron chi connectivity index (χ1n) is 3.86. The molecule has 0 saturated carbocycles. The molecule has 0 spiro atoms. The number of rotatable bonds is 5. The van der Waals surface area contributed by atoms with Crippen LogP contribution in [0.1, 0.15) is 26.7 Å². The Balaban J connectivity index is 3.72. The van der Waals surface area contributed by atoms with Gasteiger partial charge in [0.2, 0.25) is 0 Å². The van der Waals surface area contributed by atoms with Gasteiger partial charge < -0.3 is 9.84 Å². The Hall–Kier alpha value is -0.340. The second-order valence-electron chi connectivity index (χ2n) is 3.35. The van der Waals surface area contributed by atoms with Gasteiger partial charge in [0.15, 0.2) is 0 Å². The molecule has 0 aliphatic heterocycles. The Bertz CT molecular complexity index is 119. The van der Waals surface area contributed by atoms with Crippen LogP contribution in [0.2, 0.25) is 0 Å². The van der Waals surface area contributed by atoms with Crippen LogP contribution < -0.4 is 0 Å². The maximum atomic E-state index is 9.36. The normalized spacial score (nSPS) is 14.5. The van der Waals surface area contributed by atoms with Crippen LogP contribution in [0.3, 0.4) is 0 Å². The molecule has 1 atom stereocenters. The summed E-state index contributed by atoms with van der Waals surface area (Å²) in [5.41, 5.74) is -0.234. The summed E-state index contributed by atoms with van der Waals surface area (Å²) >= 11 is 0. The van der Waals surface area contributed by atoms with Crippen molar-refractivity contribution in [1.82, 2.24) is 0 Å². The second kappa shape index (κ2) is 4.52. The van der Waals surface area contributed by atoms with Crippen LogP contribution in [-0.2, 0) is 4.74 Å². The van der Waals surface area contributed by atoms with E-state index < -0.39 is 0 Å². The molecule has 0 rings (SSSR count). The molecule has 2 heteroatoms. The van der Waals surface area contributed by atoms with E-state index in [-0.39, 0.29) is 11.7 Å². The fraction of sp³-hybridized carbons (Fsp3) is 0.778. The van der Waals surface area contributed by atoms with Gasteiger partial charge in [-0.2, -0.15) is 0 Å². The van der Waals surface area contributed by atoms with E-state index in [1.807, 2.05) is 13.8 Å². The summed E-state index contributed by atoms with van der Waals surface area (Å²) in [6.07, 6.45) is 2.67. The largest absolute Gasteiger partial charge is 0.393 e. The molecule has 0 bridgehead atoms. The van der Waals surface area contributed by atoms with Crippen LogP contribution in [0, 0.1) is 0 Å². The summed E-state index contributed by atoms with van der Waals surface area (Å²) in [6.45, 7) is 7.47. The minimum absolute atomic E-state index is 0.234. The number of hydrogen-bond donors (Lipinski definition) is 1. The summed E-state index contributed by atoms with van der Waals surface area (Å²) in [4.78, 5) is 0. The van der Waals surface area contributed by atoms with E-state index in [1.54, 1.807) is 13.2 Å². The van der Waals surface area contributed by atoms with Crippen LogP contribution in [0.4, 0.5) is 0 Å². The lowest BCUT2D eigenvalue weighted by atomic mass is 9.99. The first kappa shape index (κ1) is 10.7. The molecule has 0 heterocycles. The standard InChI is InChI=1S/C9H18O2/c1-5-6-8(10)7-9(2,3)11-4/h5,8,10H,1,6-7H2,2-4H3. The second-order valence-corrected chi connectivity index (χ2v) is 3.35. The molecule has 2 nitrogen and oxygen atoms in total. The highest BCUT2D eigenvalue weighted by molar-refractivity contribution is 4.78. The number of hydrogen-bond acceptors (Lipinski definition) is 2. The minimum Gasteiger partial charge on any atom is -0.393 e. The molecule has 66 valence electrons. The SMILES string of the molecule is C=CCC(O)CC(C)(C)OC. The summed E-state index contributed by atoms with van der Waals surface area (Å²) in [7, 11) is 1.65. The van der Waals surface area contributed by atoms with E-state index in [1.165, 1.54) is 0 Å². The van der Waals surface area contributed by atoms with Gasteiger partial charge in [-0.05, 0) is 20.3 Å². The first-order chi connectivity index (χ1) is 5.02. The van der Waals surface area contributed by atoms with Gasteiger partial charge in [0, 0.05) is 13.5 Å². The number of methoxy groups -OCH3 is 1. The van der Waals surface area contributed by atoms with Crippen LogP contribution in [0.25, 0.3) is 0 Å². The maximum Gasteiger partial charge on any atom is 0.0647 e. The number of ether oxygens (including phenoxy) is 1. The van der Waals surface area contributed by atoms with E-state index >= 15 is 0 Å². The lowest BCUT2D eigenvalue weighted by molar-refractivity contribution is -0.0185. The van der Waals surface area contributed by atoms with Crippen molar-refractivity contribution in [1.29, 1.82) is 0 Å². The van der Waals surface area contributed by atoms with Crippen molar-refractivity contribution in [3.63, 3.8) is 0 Å². The van der Waals surface area contributed by atoms with Gasteiger partial charge in [-0.25, -0.2) is 0 Å². The third-order valence-electron chi connectivity index (χ3n) is 1.72. The van der Waals surface area contributed by atoms with Crippen molar-refractivity contribution in [3.05, 3.63) is 12.7 Å². The van der Waals surface area contributed by atoms with E-state index in [2.05, 4.69) is 6.58 Å². The molecule has 1 unspecified atom stereocenters. The molecule has 0 aromatic carbocycles. The van der Waals surface area contributed by atoms with E-state index in [0.717, 1.165) is 0 Å². The Morgan fingerprint density at radius 3 is 2.55 bits per heavy atom. The average Bonchev–Trinajstić information content (AvgIpc) is 1.87. The van der Waals surface area contributed by atoms with Gasteiger partial charge in [0.1, 0.15) is 0 Å². The lowest BCUT2D eigenvalue weighted by Crippen LogP contribution is -2.28. The number of aliphatic hydroxyl groups is 1. The van der Waals surface area contributed by atoms with E-state index in [9.17, 15) is 5.11 Å². The zero-order valence-electron chi connectivity index (χ0n) is 7.63. The van der Waals surface area contributed by atoms with Crippen molar-refractivity contribution in [2.45, 2.75) is 38.4 Å².